The van der Waals surface area contributed by atoms with E-state index in [-0.39, 0.29) is 36.0 Å². The molecule has 0 aliphatic rings. The van der Waals surface area contributed by atoms with Gasteiger partial charge in [-0.25, -0.2) is 9.48 Å². The molecule has 0 saturated heterocycles. The van der Waals surface area contributed by atoms with Crippen LogP contribution in [-0.4, -0.2) is 53.4 Å². The Morgan fingerprint density at radius 2 is 1.81 bits per heavy atom. The van der Waals surface area contributed by atoms with Crippen LogP contribution in [0, 0.1) is 6.92 Å². The lowest BCUT2D eigenvalue weighted by atomic mass is 9.92. The van der Waals surface area contributed by atoms with Gasteiger partial charge in [-0.3, -0.25) is 4.79 Å². The molecule has 0 spiro atoms. The Morgan fingerprint density at radius 3 is 2.47 bits per heavy atom. The zero-order valence-corrected chi connectivity index (χ0v) is 22.6. The molecule has 0 radical (unpaired) electrons. The molecule has 2 aromatic carbocycles. The molecule has 192 valence electrons. The maximum atomic E-state index is 13.1. The van der Waals surface area contributed by atoms with Gasteiger partial charge in [0.05, 0.1) is 33.7 Å². The number of ether oxygens (including phenoxy) is 1. The number of halogens is 2. The van der Waals surface area contributed by atoms with Crippen LogP contribution in [0.25, 0.3) is 5.69 Å². The molecule has 10 heteroatoms. The highest BCUT2D eigenvalue weighted by Gasteiger charge is 2.24. The van der Waals surface area contributed by atoms with E-state index in [4.69, 9.17) is 33.0 Å². The van der Waals surface area contributed by atoms with Crippen molar-refractivity contribution in [1.29, 1.82) is 0 Å². The van der Waals surface area contributed by atoms with Crippen molar-refractivity contribution in [2.24, 2.45) is 0 Å². The maximum Gasteiger partial charge on any atom is 0.322 e. The van der Waals surface area contributed by atoms with Gasteiger partial charge in [0.15, 0.2) is 0 Å². The Hall–Kier alpha value is -3.07. The molecule has 0 unspecified atom stereocenters. The van der Waals surface area contributed by atoms with Crippen molar-refractivity contribution in [2.45, 2.75) is 33.1 Å². The van der Waals surface area contributed by atoms with Crippen molar-refractivity contribution < 1.29 is 14.3 Å². The van der Waals surface area contributed by atoms with Crippen molar-refractivity contribution in [3.05, 3.63) is 69.8 Å². The SMILES string of the molecule is COCCN(CC(=O)Nc1cc(C(C)(C)C)nn1-c1ccccc1C)C(=O)Nc1cccc(Cl)c1Cl. The van der Waals surface area contributed by atoms with Crippen molar-refractivity contribution >= 4 is 46.6 Å². The van der Waals surface area contributed by atoms with E-state index in [9.17, 15) is 9.59 Å². The zero-order chi connectivity index (χ0) is 26.5. The molecule has 0 atom stereocenters. The number of aryl methyl sites for hydroxylation is 1. The first-order valence-electron chi connectivity index (χ1n) is 11.5. The highest BCUT2D eigenvalue weighted by atomic mass is 35.5. The number of aromatic nitrogens is 2. The van der Waals surface area contributed by atoms with Crippen molar-refractivity contribution in [3.63, 3.8) is 0 Å². The number of benzene rings is 2. The molecule has 0 aliphatic carbocycles. The third kappa shape index (κ3) is 6.78. The lowest BCUT2D eigenvalue weighted by molar-refractivity contribution is -0.116. The topological polar surface area (TPSA) is 88.5 Å². The Bertz CT molecular complexity index is 1240. The minimum absolute atomic E-state index is 0.193. The number of carbonyl (C=O) groups is 2. The molecule has 8 nitrogen and oxygen atoms in total. The van der Waals surface area contributed by atoms with Gasteiger partial charge in [0.25, 0.3) is 0 Å². The fourth-order valence-electron chi connectivity index (χ4n) is 3.43. The van der Waals surface area contributed by atoms with Gasteiger partial charge < -0.3 is 20.3 Å². The number of nitrogens with zero attached hydrogens (tertiary/aromatic N) is 3. The Balaban J connectivity index is 1.83. The van der Waals surface area contributed by atoms with Crippen LogP contribution in [0.5, 0.6) is 0 Å². The van der Waals surface area contributed by atoms with Gasteiger partial charge in [-0.1, -0.05) is 68.2 Å². The number of amides is 3. The number of nitrogens with one attached hydrogen (secondary N) is 2. The van der Waals surface area contributed by atoms with Gasteiger partial charge in [0.2, 0.25) is 5.91 Å². The smallest absolute Gasteiger partial charge is 0.322 e. The summed E-state index contributed by atoms with van der Waals surface area (Å²) in [7, 11) is 1.53. The maximum absolute atomic E-state index is 13.1. The molecule has 3 rings (SSSR count). The highest BCUT2D eigenvalue weighted by Crippen LogP contribution is 2.30. The number of rotatable bonds is 8. The molecule has 0 saturated carbocycles. The third-order valence-electron chi connectivity index (χ3n) is 5.47. The van der Waals surface area contributed by atoms with Gasteiger partial charge in [-0.05, 0) is 30.7 Å². The first-order valence-corrected chi connectivity index (χ1v) is 12.2. The molecule has 0 bridgehead atoms. The first kappa shape index (κ1) is 27.5. The number of hydrogen-bond acceptors (Lipinski definition) is 4. The van der Waals surface area contributed by atoms with Gasteiger partial charge in [-0.15, -0.1) is 0 Å². The number of urea groups is 1. The molecule has 36 heavy (non-hydrogen) atoms. The molecule has 0 aliphatic heterocycles. The fourth-order valence-corrected chi connectivity index (χ4v) is 3.77. The van der Waals surface area contributed by atoms with Gasteiger partial charge >= 0.3 is 6.03 Å². The van der Waals surface area contributed by atoms with E-state index < -0.39 is 6.03 Å². The number of anilines is 2. The standard InChI is InChI=1S/C26H31Cl2N5O3/c1-17-9-6-7-12-20(17)33-22(15-21(31-33)26(2,3)4)30-23(34)16-32(13-14-36-5)25(35)29-19-11-8-10-18(27)24(19)28/h6-12,15H,13-14,16H2,1-5H3,(H,29,35)(H,30,34). The monoisotopic (exact) mass is 531 g/mol. The molecule has 1 heterocycles. The normalized spacial score (nSPS) is 11.3. The lowest BCUT2D eigenvalue weighted by Gasteiger charge is -2.23. The Labute approximate surface area is 221 Å². The number of para-hydroxylation sites is 1. The molecular weight excluding hydrogens is 501 g/mol. The van der Waals surface area contributed by atoms with E-state index in [0.29, 0.717) is 16.5 Å². The van der Waals surface area contributed by atoms with Gasteiger partial charge in [-0.2, -0.15) is 5.10 Å². The van der Waals surface area contributed by atoms with E-state index in [1.54, 1.807) is 22.9 Å². The van der Waals surface area contributed by atoms with Crippen molar-refractivity contribution in [1.82, 2.24) is 14.7 Å². The van der Waals surface area contributed by atoms with Crippen molar-refractivity contribution in [2.75, 3.05) is 37.4 Å². The molecule has 3 amide bonds. The number of carbonyl (C=O) groups excluding carboxylic acids is 2. The van der Waals surface area contributed by atoms with Crippen LogP contribution >= 0.6 is 23.2 Å². The summed E-state index contributed by atoms with van der Waals surface area (Å²) in [6.07, 6.45) is 0. The molecular formula is C26H31Cl2N5O3. The van der Waals surface area contributed by atoms with Crippen LogP contribution in [0.4, 0.5) is 16.3 Å². The van der Waals surface area contributed by atoms with E-state index in [1.807, 2.05) is 37.3 Å². The molecule has 1 aromatic heterocycles. The number of hydrogen-bond donors (Lipinski definition) is 2. The fraction of sp³-hybridized carbons (Fsp3) is 0.346. The highest BCUT2D eigenvalue weighted by molar-refractivity contribution is 6.43. The van der Waals surface area contributed by atoms with Crippen LogP contribution in [0.3, 0.4) is 0 Å². The summed E-state index contributed by atoms with van der Waals surface area (Å²) < 4.78 is 6.85. The quantitative estimate of drug-likeness (QED) is 0.378. The second-order valence-electron chi connectivity index (χ2n) is 9.36. The third-order valence-corrected chi connectivity index (χ3v) is 6.29. The van der Waals surface area contributed by atoms with Crippen molar-refractivity contribution in [3.8, 4) is 5.69 Å². The summed E-state index contributed by atoms with van der Waals surface area (Å²) in [5.41, 5.74) is 2.81. The van der Waals surface area contributed by atoms with Crippen LogP contribution in [0.1, 0.15) is 32.0 Å². The second-order valence-corrected chi connectivity index (χ2v) is 10.1. The summed E-state index contributed by atoms with van der Waals surface area (Å²) in [4.78, 5) is 27.5. The summed E-state index contributed by atoms with van der Waals surface area (Å²) >= 11 is 12.3. The first-order chi connectivity index (χ1) is 17.0. The average Bonchev–Trinajstić information content (AvgIpc) is 3.23. The largest absolute Gasteiger partial charge is 0.383 e. The predicted molar refractivity (Wildman–Crippen MR) is 145 cm³/mol. The lowest BCUT2D eigenvalue weighted by Crippen LogP contribution is -2.42. The van der Waals surface area contributed by atoms with Crippen LogP contribution in [0.15, 0.2) is 48.5 Å². The summed E-state index contributed by atoms with van der Waals surface area (Å²) in [6, 6.07) is 14.1. The van der Waals surface area contributed by atoms with Gasteiger partial charge in [0.1, 0.15) is 12.4 Å². The Morgan fingerprint density at radius 1 is 1.08 bits per heavy atom. The molecule has 3 aromatic rings. The van der Waals surface area contributed by atoms with E-state index in [2.05, 4.69) is 31.4 Å². The average molecular weight is 532 g/mol. The summed E-state index contributed by atoms with van der Waals surface area (Å²) in [5.74, 6) is 0.137. The number of methoxy groups -OCH3 is 1. The van der Waals surface area contributed by atoms with E-state index >= 15 is 0 Å². The van der Waals surface area contributed by atoms with Crippen LogP contribution in [0.2, 0.25) is 10.0 Å². The van der Waals surface area contributed by atoms with E-state index in [0.717, 1.165) is 16.9 Å². The van der Waals surface area contributed by atoms with Crippen LogP contribution < -0.4 is 10.6 Å². The second kappa shape index (κ2) is 11.8. The molecule has 0 fully saturated rings. The van der Waals surface area contributed by atoms with Crippen LogP contribution in [-0.2, 0) is 14.9 Å². The van der Waals surface area contributed by atoms with Gasteiger partial charge in [0, 0.05) is 25.1 Å². The predicted octanol–water partition coefficient (Wildman–Crippen LogP) is 5.90. The Kier molecular flexibility index (Phi) is 9.00. The summed E-state index contributed by atoms with van der Waals surface area (Å²) in [6.45, 7) is 8.38. The van der Waals surface area contributed by atoms with E-state index in [1.165, 1.54) is 12.0 Å². The zero-order valence-electron chi connectivity index (χ0n) is 21.1. The minimum Gasteiger partial charge on any atom is -0.383 e. The summed E-state index contributed by atoms with van der Waals surface area (Å²) in [5, 5.41) is 10.9. The molecule has 2 N–H and O–H groups in total. The minimum atomic E-state index is -0.505.